The summed E-state index contributed by atoms with van der Waals surface area (Å²) in [4.78, 5) is 3.88. The molecule has 9 rings (SSSR count). The zero-order valence-corrected chi connectivity index (χ0v) is 45.9. The van der Waals surface area contributed by atoms with E-state index in [1.165, 1.54) is 55.2 Å². The van der Waals surface area contributed by atoms with E-state index in [-0.39, 0.29) is 17.5 Å². The monoisotopic (exact) mass is 1230 g/mol. The number of hydrogen-bond donors (Lipinski definition) is 0. The Labute approximate surface area is 436 Å². The van der Waals surface area contributed by atoms with E-state index in [4.69, 9.17) is 0 Å². The molecule has 0 fully saturated rings. The van der Waals surface area contributed by atoms with Gasteiger partial charge in [-0.05, 0) is 172 Å². The number of rotatable bonds is 9. The van der Waals surface area contributed by atoms with Crippen molar-refractivity contribution in [3.05, 3.63) is 193 Å². The standard InChI is InChI=1S/3C17H12BrFO2S2/c3*1-23(20,21)14-8-4-11(5-9-14)15-10-16(18)22-17(15)12-2-6-13(19)7-3-12/h3*2-10H,1H3. The fourth-order valence-electron chi connectivity index (χ4n) is 6.82. The van der Waals surface area contributed by atoms with E-state index < -0.39 is 29.5 Å². The fourth-order valence-corrected chi connectivity index (χ4v) is 13.6. The van der Waals surface area contributed by atoms with E-state index in [0.29, 0.717) is 14.7 Å². The third kappa shape index (κ3) is 13.5. The molecule has 6 aromatic carbocycles. The molecule has 0 bridgehead atoms. The van der Waals surface area contributed by atoms with Crippen LogP contribution >= 0.6 is 81.8 Å². The molecule has 0 spiro atoms. The maximum absolute atomic E-state index is 13.1. The maximum Gasteiger partial charge on any atom is 0.175 e. The van der Waals surface area contributed by atoms with Gasteiger partial charge in [0.05, 0.1) is 26.0 Å². The molecule has 0 aliphatic heterocycles. The van der Waals surface area contributed by atoms with Crippen molar-refractivity contribution in [1.29, 1.82) is 0 Å². The minimum absolute atomic E-state index is 0.275. The quantitative estimate of drug-likeness (QED) is 0.143. The number of benzene rings is 6. The number of hydrogen-bond acceptors (Lipinski definition) is 9. The van der Waals surface area contributed by atoms with Crippen molar-refractivity contribution >= 4 is 111 Å². The summed E-state index contributed by atoms with van der Waals surface area (Å²) in [5.74, 6) is -0.824. The highest BCUT2D eigenvalue weighted by Gasteiger charge is 2.17. The molecular weight excluding hydrogens is 1200 g/mol. The first-order chi connectivity index (χ1) is 32.5. The second-order valence-corrected chi connectivity index (χ2v) is 28.6. The first-order valence-corrected chi connectivity index (χ1v) is 30.6. The van der Waals surface area contributed by atoms with Gasteiger partial charge in [0.2, 0.25) is 0 Å². The average molecular weight is 1230 g/mol. The molecule has 69 heavy (non-hydrogen) atoms. The molecule has 18 heteroatoms. The van der Waals surface area contributed by atoms with Crippen LogP contribution in [0.3, 0.4) is 0 Å². The number of halogens is 6. The van der Waals surface area contributed by atoms with Crippen molar-refractivity contribution in [2.75, 3.05) is 18.8 Å². The molecule has 0 amide bonds. The Morgan fingerprint density at radius 2 is 0.507 bits per heavy atom. The van der Waals surface area contributed by atoms with Gasteiger partial charge in [0.15, 0.2) is 29.5 Å². The van der Waals surface area contributed by atoms with Crippen molar-refractivity contribution in [2.24, 2.45) is 0 Å². The highest BCUT2D eigenvalue weighted by Crippen LogP contribution is 2.44. The van der Waals surface area contributed by atoms with Gasteiger partial charge in [-0.25, -0.2) is 38.4 Å². The van der Waals surface area contributed by atoms with E-state index in [1.807, 2.05) is 18.2 Å². The summed E-state index contributed by atoms with van der Waals surface area (Å²) >= 11 is 15.1. The zero-order chi connectivity index (χ0) is 49.8. The molecule has 0 aliphatic rings. The Morgan fingerprint density at radius 3 is 0.696 bits per heavy atom. The largest absolute Gasteiger partial charge is 0.224 e. The lowest BCUT2D eigenvalue weighted by atomic mass is 10.0. The van der Waals surface area contributed by atoms with Crippen LogP contribution in [-0.4, -0.2) is 44.0 Å². The van der Waals surface area contributed by atoms with E-state index in [1.54, 1.807) is 143 Å². The molecule has 9 aromatic rings. The van der Waals surface area contributed by atoms with Crippen LogP contribution in [0, 0.1) is 17.5 Å². The first kappa shape index (κ1) is 52.3. The van der Waals surface area contributed by atoms with Crippen molar-refractivity contribution in [1.82, 2.24) is 0 Å². The van der Waals surface area contributed by atoms with Gasteiger partial charge in [-0.3, -0.25) is 0 Å². The molecule has 0 N–H and O–H groups in total. The van der Waals surface area contributed by atoms with Crippen molar-refractivity contribution in [3.63, 3.8) is 0 Å². The van der Waals surface area contributed by atoms with Crippen LogP contribution in [0.15, 0.2) is 190 Å². The molecule has 0 radical (unpaired) electrons. The van der Waals surface area contributed by atoms with Gasteiger partial charge in [-0.15, -0.1) is 34.0 Å². The molecule has 0 saturated heterocycles. The molecule has 3 aromatic heterocycles. The topological polar surface area (TPSA) is 102 Å². The summed E-state index contributed by atoms with van der Waals surface area (Å²) in [5.41, 5.74) is 8.45. The molecular formula is C51H36Br3F3O6S6. The third-order valence-electron chi connectivity index (χ3n) is 10.2. The third-order valence-corrected chi connectivity index (χ3v) is 18.7. The Balaban J connectivity index is 0.000000153. The molecule has 0 aliphatic carbocycles. The van der Waals surface area contributed by atoms with Crippen LogP contribution in [-0.2, 0) is 29.5 Å². The number of sulfone groups is 3. The summed E-state index contributed by atoms with van der Waals surface area (Å²) in [6, 6.07) is 45.3. The second-order valence-electron chi connectivity index (χ2n) is 15.3. The fraction of sp³-hybridized carbons (Fsp3) is 0.0588. The van der Waals surface area contributed by atoms with Crippen molar-refractivity contribution < 1.29 is 38.4 Å². The van der Waals surface area contributed by atoms with E-state index in [9.17, 15) is 38.4 Å². The van der Waals surface area contributed by atoms with Crippen LogP contribution in [0.4, 0.5) is 13.2 Å². The van der Waals surface area contributed by atoms with Gasteiger partial charge in [0.25, 0.3) is 0 Å². The average Bonchev–Trinajstić information content (AvgIpc) is 4.02. The van der Waals surface area contributed by atoms with Crippen molar-refractivity contribution in [3.8, 4) is 64.7 Å². The molecule has 6 nitrogen and oxygen atoms in total. The molecule has 354 valence electrons. The van der Waals surface area contributed by atoms with Gasteiger partial charge in [-0.2, -0.15) is 0 Å². The van der Waals surface area contributed by atoms with E-state index >= 15 is 0 Å². The second kappa shape index (κ2) is 21.9. The van der Waals surface area contributed by atoms with Crippen LogP contribution in [0.2, 0.25) is 0 Å². The highest BCUT2D eigenvalue weighted by atomic mass is 79.9. The summed E-state index contributed by atoms with van der Waals surface area (Å²) in [5, 5.41) is 0. The lowest BCUT2D eigenvalue weighted by Gasteiger charge is -2.06. The van der Waals surface area contributed by atoms with Gasteiger partial charge in [-0.1, -0.05) is 72.8 Å². The van der Waals surface area contributed by atoms with Gasteiger partial charge in [0.1, 0.15) is 17.5 Å². The molecule has 0 unspecified atom stereocenters. The summed E-state index contributed by atoms with van der Waals surface area (Å²) in [6.07, 6.45) is 3.56. The van der Waals surface area contributed by atoms with E-state index in [2.05, 4.69) is 47.8 Å². The first-order valence-electron chi connectivity index (χ1n) is 20.1. The van der Waals surface area contributed by atoms with Crippen LogP contribution in [0.1, 0.15) is 0 Å². The van der Waals surface area contributed by atoms with Gasteiger partial charge in [0, 0.05) is 50.1 Å². The summed E-state index contributed by atoms with van der Waals surface area (Å²) in [6.45, 7) is 0. The Kier molecular flexibility index (Phi) is 16.6. The molecule has 0 atom stereocenters. The SMILES string of the molecule is CS(=O)(=O)c1ccc(-c2cc(Br)sc2-c2ccc(F)cc2)cc1.CS(=O)(=O)c1ccc(-c2cc(Br)sc2-c2ccc(F)cc2)cc1.CS(=O)(=O)c1ccc(-c2cc(Br)sc2-c2ccc(F)cc2)cc1. The summed E-state index contributed by atoms with van der Waals surface area (Å²) < 4.78 is 112. The zero-order valence-electron chi connectivity index (χ0n) is 36.3. The number of thiophene rings is 3. The lowest BCUT2D eigenvalue weighted by molar-refractivity contribution is 0.600. The Morgan fingerprint density at radius 1 is 0.319 bits per heavy atom. The van der Waals surface area contributed by atoms with Crippen molar-refractivity contribution in [2.45, 2.75) is 14.7 Å². The smallest absolute Gasteiger partial charge is 0.175 e. The minimum atomic E-state index is -3.21. The normalized spacial score (nSPS) is 11.6. The Hall–Kier alpha value is -4.50. The predicted molar refractivity (Wildman–Crippen MR) is 288 cm³/mol. The van der Waals surface area contributed by atoms with Crippen LogP contribution < -0.4 is 0 Å². The minimum Gasteiger partial charge on any atom is -0.224 e. The van der Waals surface area contributed by atoms with Gasteiger partial charge < -0.3 is 0 Å². The highest BCUT2D eigenvalue weighted by molar-refractivity contribution is 9.11. The van der Waals surface area contributed by atoms with Crippen LogP contribution in [0.25, 0.3) is 64.7 Å². The molecule has 3 heterocycles. The predicted octanol–water partition coefficient (Wildman–Crippen LogP) is 16.2. The molecule has 0 saturated carbocycles. The summed E-state index contributed by atoms with van der Waals surface area (Å²) in [7, 11) is -9.64. The van der Waals surface area contributed by atoms with Gasteiger partial charge >= 0.3 is 0 Å². The van der Waals surface area contributed by atoms with E-state index in [0.717, 1.165) is 76.1 Å². The van der Waals surface area contributed by atoms with Crippen LogP contribution in [0.5, 0.6) is 0 Å². The Bertz CT molecular complexity index is 3210. The lowest BCUT2D eigenvalue weighted by Crippen LogP contribution is -1.96. The maximum atomic E-state index is 13.1.